The summed E-state index contributed by atoms with van der Waals surface area (Å²) >= 11 is 1.72. The van der Waals surface area contributed by atoms with Crippen LogP contribution in [0, 0.1) is 0 Å². The van der Waals surface area contributed by atoms with Gasteiger partial charge in [0.05, 0.1) is 5.51 Å². The molecular weight excluding hydrogens is 268 g/mol. The second kappa shape index (κ2) is 5.22. The van der Waals surface area contributed by atoms with Crippen molar-refractivity contribution < 1.29 is 0 Å². The average molecular weight is 288 g/mol. The second-order valence-corrected chi connectivity index (χ2v) is 7.31. The fourth-order valence-corrected chi connectivity index (χ4v) is 3.05. The van der Waals surface area contributed by atoms with Crippen molar-refractivity contribution in [2.45, 2.75) is 45.7 Å². The van der Waals surface area contributed by atoms with Crippen molar-refractivity contribution in [2.24, 2.45) is 0 Å². The minimum atomic E-state index is 0.0226. The molecule has 20 heavy (non-hydrogen) atoms. The number of hydrogen-bond acceptors (Lipinski definition) is 5. The van der Waals surface area contributed by atoms with Crippen molar-refractivity contribution in [1.82, 2.24) is 19.9 Å². The lowest BCUT2D eigenvalue weighted by atomic mass is 9.95. The number of fused-ring (bicyclic) bond motifs is 1. The Kier molecular flexibility index (Phi) is 3.56. The molecule has 0 radical (unpaired) electrons. The molecule has 3 rings (SSSR count). The maximum absolute atomic E-state index is 4.77. The van der Waals surface area contributed by atoms with Gasteiger partial charge in [-0.1, -0.05) is 20.8 Å². The van der Waals surface area contributed by atoms with Crippen LogP contribution in [-0.2, 0) is 24.9 Å². The van der Waals surface area contributed by atoms with E-state index in [2.05, 4.69) is 35.6 Å². The lowest BCUT2D eigenvalue weighted by Crippen LogP contribution is -2.31. The summed E-state index contributed by atoms with van der Waals surface area (Å²) in [7, 11) is 0. The van der Waals surface area contributed by atoms with Crippen LogP contribution in [0.4, 0.5) is 0 Å². The monoisotopic (exact) mass is 288 g/mol. The van der Waals surface area contributed by atoms with Crippen molar-refractivity contribution in [3.8, 4) is 0 Å². The van der Waals surface area contributed by atoms with Gasteiger partial charge in [-0.3, -0.25) is 9.88 Å². The molecule has 1 aliphatic heterocycles. The van der Waals surface area contributed by atoms with Crippen LogP contribution in [0.25, 0.3) is 0 Å². The van der Waals surface area contributed by atoms with E-state index in [0.29, 0.717) is 0 Å². The zero-order valence-electron chi connectivity index (χ0n) is 12.3. The SMILES string of the molecule is CC(C)(C)c1ncc2c(n1)CCN(Cc1cncs1)C2. The Morgan fingerprint density at radius 1 is 1.30 bits per heavy atom. The van der Waals surface area contributed by atoms with Gasteiger partial charge in [-0.15, -0.1) is 11.3 Å². The highest BCUT2D eigenvalue weighted by molar-refractivity contribution is 7.09. The molecule has 2 aromatic heterocycles. The van der Waals surface area contributed by atoms with Gasteiger partial charge in [0.25, 0.3) is 0 Å². The number of thiazole rings is 1. The summed E-state index contributed by atoms with van der Waals surface area (Å²) in [6, 6.07) is 0. The summed E-state index contributed by atoms with van der Waals surface area (Å²) in [5, 5.41) is 0. The molecule has 106 valence electrons. The van der Waals surface area contributed by atoms with Crippen molar-refractivity contribution in [2.75, 3.05) is 6.54 Å². The van der Waals surface area contributed by atoms with Crippen LogP contribution in [0.3, 0.4) is 0 Å². The molecule has 0 N–H and O–H groups in total. The van der Waals surface area contributed by atoms with Crippen LogP contribution >= 0.6 is 11.3 Å². The van der Waals surface area contributed by atoms with E-state index in [0.717, 1.165) is 31.9 Å². The number of aromatic nitrogens is 3. The first-order valence-corrected chi connectivity index (χ1v) is 7.85. The summed E-state index contributed by atoms with van der Waals surface area (Å²) in [4.78, 5) is 17.2. The van der Waals surface area contributed by atoms with Crippen molar-refractivity contribution in [1.29, 1.82) is 0 Å². The maximum atomic E-state index is 4.77. The fourth-order valence-electron chi connectivity index (χ4n) is 2.41. The Morgan fingerprint density at radius 2 is 2.15 bits per heavy atom. The Morgan fingerprint density at radius 3 is 2.85 bits per heavy atom. The van der Waals surface area contributed by atoms with E-state index >= 15 is 0 Å². The number of hydrogen-bond donors (Lipinski definition) is 0. The van der Waals surface area contributed by atoms with E-state index in [4.69, 9.17) is 4.98 Å². The molecule has 0 saturated heterocycles. The van der Waals surface area contributed by atoms with Crippen LogP contribution in [0.2, 0.25) is 0 Å². The number of rotatable bonds is 2. The highest BCUT2D eigenvalue weighted by atomic mass is 32.1. The smallest absolute Gasteiger partial charge is 0.133 e. The highest BCUT2D eigenvalue weighted by Crippen LogP contribution is 2.23. The van der Waals surface area contributed by atoms with E-state index < -0.39 is 0 Å². The minimum absolute atomic E-state index is 0.0226. The summed E-state index contributed by atoms with van der Waals surface area (Å²) in [5.74, 6) is 0.951. The first kappa shape index (κ1) is 13.6. The highest BCUT2D eigenvalue weighted by Gasteiger charge is 2.22. The predicted molar refractivity (Wildman–Crippen MR) is 80.7 cm³/mol. The normalized spacial score (nSPS) is 16.1. The van der Waals surface area contributed by atoms with E-state index in [-0.39, 0.29) is 5.41 Å². The van der Waals surface area contributed by atoms with Gasteiger partial charge in [-0.25, -0.2) is 9.97 Å². The fraction of sp³-hybridized carbons (Fsp3) is 0.533. The van der Waals surface area contributed by atoms with Gasteiger partial charge in [0, 0.05) is 60.0 Å². The van der Waals surface area contributed by atoms with Crippen LogP contribution in [0.1, 0.15) is 42.7 Å². The quantitative estimate of drug-likeness (QED) is 0.852. The topological polar surface area (TPSA) is 41.9 Å². The zero-order valence-corrected chi connectivity index (χ0v) is 13.1. The molecule has 0 saturated carbocycles. The van der Waals surface area contributed by atoms with Crippen molar-refractivity contribution in [3.05, 3.63) is 39.9 Å². The molecule has 0 spiro atoms. The lowest BCUT2D eigenvalue weighted by Gasteiger charge is -2.28. The largest absolute Gasteiger partial charge is 0.293 e. The first-order chi connectivity index (χ1) is 9.52. The molecule has 0 fully saturated rings. The Labute approximate surface area is 123 Å². The standard InChI is InChI=1S/C15H20N4S/c1-15(2,3)14-17-6-11-8-19(5-4-13(11)18-14)9-12-7-16-10-20-12/h6-7,10H,4-5,8-9H2,1-3H3. The zero-order chi connectivity index (χ0) is 14.2. The molecule has 0 atom stereocenters. The molecule has 0 unspecified atom stereocenters. The molecule has 0 amide bonds. The summed E-state index contributed by atoms with van der Waals surface area (Å²) in [6.07, 6.45) is 4.99. The summed E-state index contributed by atoms with van der Waals surface area (Å²) < 4.78 is 0. The number of nitrogens with zero attached hydrogens (tertiary/aromatic N) is 4. The van der Waals surface area contributed by atoms with Gasteiger partial charge < -0.3 is 0 Å². The van der Waals surface area contributed by atoms with Gasteiger partial charge in [0.15, 0.2) is 0 Å². The summed E-state index contributed by atoms with van der Waals surface area (Å²) in [6.45, 7) is 9.46. The molecule has 0 aromatic carbocycles. The molecule has 5 heteroatoms. The van der Waals surface area contributed by atoms with Gasteiger partial charge >= 0.3 is 0 Å². The Bertz CT molecular complexity index is 586. The Balaban J connectivity index is 1.75. The van der Waals surface area contributed by atoms with E-state index in [1.54, 1.807) is 11.3 Å². The molecule has 1 aliphatic rings. The van der Waals surface area contributed by atoms with E-state index in [1.807, 2.05) is 17.9 Å². The predicted octanol–water partition coefficient (Wildman–Crippen LogP) is 2.79. The molecule has 3 heterocycles. The second-order valence-electron chi connectivity index (χ2n) is 6.34. The molecule has 2 aromatic rings. The average Bonchev–Trinajstić information content (AvgIpc) is 2.90. The molecule has 0 aliphatic carbocycles. The van der Waals surface area contributed by atoms with Crippen molar-refractivity contribution in [3.63, 3.8) is 0 Å². The molecule has 0 bridgehead atoms. The van der Waals surface area contributed by atoms with Crippen LogP contribution in [-0.4, -0.2) is 26.4 Å². The van der Waals surface area contributed by atoms with Gasteiger partial charge in [-0.05, 0) is 0 Å². The van der Waals surface area contributed by atoms with Gasteiger partial charge in [0.2, 0.25) is 0 Å². The van der Waals surface area contributed by atoms with Crippen molar-refractivity contribution >= 4 is 11.3 Å². The van der Waals surface area contributed by atoms with E-state index in [9.17, 15) is 0 Å². The van der Waals surface area contributed by atoms with Gasteiger partial charge in [0.1, 0.15) is 5.82 Å². The summed E-state index contributed by atoms with van der Waals surface area (Å²) in [5.41, 5.74) is 4.42. The van der Waals surface area contributed by atoms with E-state index in [1.165, 1.54) is 16.1 Å². The third-order valence-electron chi connectivity index (χ3n) is 3.55. The van der Waals surface area contributed by atoms with Crippen LogP contribution < -0.4 is 0 Å². The van der Waals surface area contributed by atoms with Crippen LogP contribution in [0.5, 0.6) is 0 Å². The molecule has 4 nitrogen and oxygen atoms in total. The third kappa shape index (κ3) is 2.88. The van der Waals surface area contributed by atoms with Gasteiger partial charge in [-0.2, -0.15) is 0 Å². The minimum Gasteiger partial charge on any atom is -0.293 e. The lowest BCUT2D eigenvalue weighted by molar-refractivity contribution is 0.244. The third-order valence-corrected chi connectivity index (χ3v) is 4.31. The van der Waals surface area contributed by atoms with Crippen LogP contribution in [0.15, 0.2) is 17.9 Å². The Hall–Kier alpha value is -1.33. The molecular formula is C15H20N4S. The maximum Gasteiger partial charge on any atom is 0.133 e. The first-order valence-electron chi connectivity index (χ1n) is 6.97.